The number of piperidine rings is 1. The maximum atomic E-state index is 11.9. The van der Waals surface area contributed by atoms with E-state index in [1.165, 1.54) is 5.56 Å². The summed E-state index contributed by atoms with van der Waals surface area (Å²) in [6.07, 6.45) is 4.01. The lowest BCUT2D eigenvalue weighted by Crippen LogP contribution is -2.50. The van der Waals surface area contributed by atoms with Crippen molar-refractivity contribution in [3.63, 3.8) is 0 Å². The monoisotopic (exact) mass is 559 g/mol. The molecule has 2 rings (SSSR count). The Bertz CT molecular complexity index is 675. The number of nitrogens with one attached hydrogen (secondary N) is 3. The highest BCUT2D eigenvalue weighted by Crippen LogP contribution is 2.21. The van der Waals surface area contributed by atoms with Crippen LogP contribution in [0.5, 0.6) is 5.75 Å². The molecule has 3 N–H and O–H groups in total. The fourth-order valence-corrected chi connectivity index (χ4v) is 3.74. The summed E-state index contributed by atoms with van der Waals surface area (Å²) in [5.74, 6) is 2.36. The van der Waals surface area contributed by atoms with E-state index in [4.69, 9.17) is 9.73 Å². The third-order valence-electron chi connectivity index (χ3n) is 5.73. The number of benzene rings is 1. The van der Waals surface area contributed by atoms with Crippen molar-refractivity contribution >= 4 is 35.8 Å². The van der Waals surface area contributed by atoms with Crippen LogP contribution in [-0.2, 0) is 4.79 Å². The minimum absolute atomic E-state index is 0. The van der Waals surface area contributed by atoms with Gasteiger partial charge in [-0.2, -0.15) is 0 Å². The molecule has 0 radical (unpaired) electrons. The van der Waals surface area contributed by atoms with Crippen molar-refractivity contribution in [2.45, 2.75) is 58.4 Å². The molecule has 0 spiro atoms. The highest BCUT2D eigenvalue weighted by atomic mass is 127. The van der Waals surface area contributed by atoms with E-state index in [9.17, 15) is 4.79 Å². The molecular formula is C24H42IN5O2. The molecular weight excluding hydrogens is 517 g/mol. The molecule has 32 heavy (non-hydrogen) atoms. The maximum absolute atomic E-state index is 11.9. The summed E-state index contributed by atoms with van der Waals surface area (Å²) in [7, 11) is 1.69. The third kappa shape index (κ3) is 10.4. The van der Waals surface area contributed by atoms with Crippen LogP contribution in [0.4, 0.5) is 0 Å². The van der Waals surface area contributed by atoms with Crippen molar-refractivity contribution in [3.8, 4) is 5.75 Å². The maximum Gasteiger partial charge on any atom is 0.234 e. The first-order valence-electron chi connectivity index (χ1n) is 11.7. The first kappa shape index (κ1) is 28.5. The number of nitrogens with zero attached hydrogens (tertiary/aromatic N) is 2. The number of methoxy groups -OCH3 is 1. The van der Waals surface area contributed by atoms with E-state index in [2.05, 4.69) is 53.8 Å². The first-order valence-corrected chi connectivity index (χ1v) is 11.7. The second-order valence-corrected chi connectivity index (χ2v) is 8.27. The molecule has 1 aliphatic heterocycles. The normalized spacial score (nSPS) is 16.1. The number of likely N-dealkylation sites (tertiary alicyclic amines) is 1. The fraction of sp³-hybridized carbons (Fsp3) is 0.667. The van der Waals surface area contributed by atoms with E-state index in [0.717, 1.165) is 70.1 Å². The summed E-state index contributed by atoms with van der Waals surface area (Å²) in [4.78, 5) is 19.0. The Balaban J connectivity index is 0.00000512. The van der Waals surface area contributed by atoms with Gasteiger partial charge in [0.2, 0.25) is 5.91 Å². The molecule has 1 saturated heterocycles. The molecule has 1 unspecified atom stereocenters. The van der Waals surface area contributed by atoms with Crippen LogP contribution < -0.4 is 20.7 Å². The summed E-state index contributed by atoms with van der Waals surface area (Å²) in [6.45, 7) is 11.2. The van der Waals surface area contributed by atoms with Crippen LogP contribution in [0.3, 0.4) is 0 Å². The molecule has 1 atom stereocenters. The predicted molar refractivity (Wildman–Crippen MR) is 143 cm³/mol. The van der Waals surface area contributed by atoms with Gasteiger partial charge in [0.15, 0.2) is 5.96 Å². The molecule has 182 valence electrons. The average Bonchev–Trinajstić information content (AvgIpc) is 2.79. The van der Waals surface area contributed by atoms with Crippen molar-refractivity contribution in [2.75, 3.05) is 46.4 Å². The number of amides is 1. The van der Waals surface area contributed by atoms with Gasteiger partial charge in [-0.05, 0) is 56.2 Å². The van der Waals surface area contributed by atoms with Crippen molar-refractivity contribution < 1.29 is 9.53 Å². The average molecular weight is 560 g/mol. The summed E-state index contributed by atoms with van der Waals surface area (Å²) in [5.41, 5.74) is 1.31. The molecule has 1 amide bonds. The molecule has 0 aromatic heterocycles. The van der Waals surface area contributed by atoms with Gasteiger partial charge in [-0.1, -0.05) is 26.0 Å². The molecule has 1 aromatic carbocycles. The van der Waals surface area contributed by atoms with Crippen LogP contribution in [-0.4, -0.2) is 69.2 Å². The Kier molecular flexibility index (Phi) is 14.4. The standard InChI is InChI=1S/C24H41N5O2.HI/c1-5-14-26-23(30)18-29-16-12-21(13-17-29)28-24(25-6-2)27-15-11-19(3)20-7-9-22(31-4)10-8-20;/h7-10,19,21H,5-6,11-18H2,1-4H3,(H,26,30)(H2,25,27,28);1H. The largest absolute Gasteiger partial charge is 0.497 e. The Hall–Kier alpha value is -1.55. The second-order valence-electron chi connectivity index (χ2n) is 8.27. The molecule has 0 bridgehead atoms. The quantitative estimate of drug-likeness (QED) is 0.220. The van der Waals surface area contributed by atoms with Crippen molar-refractivity contribution in [1.29, 1.82) is 0 Å². The summed E-state index contributed by atoms with van der Waals surface area (Å²) in [5, 5.41) is 9.92. The Morgan fingerprint density at radius 3 is 2.47 bits per heavy atom. The third-order valence-corrected chi connectivity index (χ3v) is 5.73. The van der Waals surface area contributed by atoms with Gasteiger partial charge in [0.05, 0.1) is 13.7 Å². The molecule has 1 fully saturated rings. The van der Waals surface area contributed by atoms with Gasteiger partial charge >= 0.3 is 0 Å². The van der Waals surface area contributed by atoms with Crippen LogP contribution in [0.25, 0.3) is 0 Å². The zero-order valence-electron chi connectivity index (χ0n) is 20.2. The highest BCUT2D eigenvalue weighted by Gasteiger charge is 2.21. The van der Waals surface area contributed by atoms with E-state index >= 15 is 0 Å². The van der Waals surface area contributed by atoms with Crippen LogP contribution in [0, 0.1) is 0 Å². The highest BCUT2D eigenvalue weighted by molar-refractivity contribution is 14.0. The summed E-state index contributed by atoms with van der Waals surface area (Å²) >= 11 is 0. The van der Waals surface area contributed by atoms with Crippen molar-refractivity contribution in [3.05, 3.63) is 29.8 Å². The number of carbonyl (C=O) groups is 1. The zero-order valence-corrected chi connectivity index (χ0v) is 22.5. The molecule has 1 aromatic rings. The molecule has 1 heterocycles. The van der Waals surface area contributed by atoms with Gasteiger partial charge in [0, 0.05) is 38.8 Å². The predicted octanol–water partition coefficient (Wildman–Crippen LogP) is 3.35. The van der Waals surface area contributed by atoms with E-state index in [1.54, 1.807) is 7.11 Å². The minimum Gasteiger partial charge on any atom is -0.497 e. The Morgan fingerprint density at radius 2 is 1.88 bits per heavy atom. The molecule has 0 saturated carbocycles. The van der Waals surface area contributed by atoms with Crippen LogP contribution >= 0.6 is 24.0 Å². The number of ether oxygens (including phenoxy) is 1. The molecule has 0 aliphatic carbocycles. The SMILES string of the molecule is CCCNC(=O)CN1CCC(NC(=NCCC(C)c2ccc(OC)cc2)NCC)CC1.I. The summed E-state index contributed by atoms with van der Waals surface area (Å²) in [6, 6.07) is 8.69. The first-order chi connectivity index (χ1) is 15.0. The van der Waals surface area contributed by atoms with Gasteiger partial charge in [-0.3, -0.25) is 14.7 Å². The van der Waals surface area contributed by atoms with Gasteiger partial charge in [0.1, 0.15) is 5.75 Å². The number of carbonyl (C=O) groups excluding carboxylic acids is 1. The second kappa shape index (κ2) is 16.1. The Morgan fingerprint density at radius 1 is 1.19 bits per heavy atom. The molecule has 7 nitrogen and oxygen atoms in total. The van der Waals surface area contributed by atoms with Crippen LogP contribution in [0.15, 0.2) is 29.3 Å². The number of hydrogen-bond acceptors (Lipinski definition) is 4. The van der Waals surface area contributed by atoms with Gasteiger partial charge in [-0.15, -0.1) is 24.0 Å². The number of halogens is 1. The Labute approximate surface area is 211 Å². The molecule has 8 heteroatoms. The zero-order chi connectivity index (χ0) is 22.5. The lowest BCUT2D eigenvalue weighted by molar-refractivity contribution is -0.122. The fourth-order valence-electron chi connectivity index (χ4n) is 3.74. The number of guanidine groups is 1. The van der Waals surface area contributed by atoms with Gasteiger partial charge < -0.3 is 20.7 Å². The number of aliphatic imine (C=N–C) groups is 1. The van der Waals surface area contributed by atoms with E-state index < -0.39 is 0 Å². The van der Waals surface area contributed by atoms with Crippen molar-refractivity contribution in [2.24, 2.45) is 4.99 Å². The van der Waals surface area contributed by atoms with Crippen LogP contribution in [0.1, 0.15) is 57.9 Å². The van der Waals surface area contributed by atoms with Crippen LogP contribution in [0.2, 0.25) is 0 Å². The van der Waals surface area contributed by atoms with Gasteiger partial charge in [0.25, 0.3) is 0 Å². The van der Waals surface area contributed by atoms with E-state index in [-0.39, 0.29) is 29.9 Å². The van der Waals surface area contributed by atoms with E-state index in [0.29, 0.717) is 18.5 Å². The number of hydrogen-bond donors (Lipinski definition) is 3. The van der Waals surface area contributed by atoms with Gasteiger partial charge in [-0.25, -0.2) is 0 Å². The number of rotatable bonds is 11. The molecule has 1 aliphatic rings. The lowest BCUT2D eigenvalue weighted by Gasteiger charge is -2.32. The van der Waals surface area contributed by atoms with E-state index in [1.807, 2.05) is 12.1 Å². The lowest BCUT2D eigenvalue weighted by atomic mass is 9.98. The minimum atomic E-state index is 0. The summed E-state index contributed by atoms with van der Waals surface area (Å²) < 4.78 is 5.24. The smallest absolute Gasteiger partial charge is 0.234 e. The van der Waals surface area contributed by atoms with Crippen molar-refractivity contribution in [1.82, 2.24) is 20.9 Å². The topological polar surface area (TPSA) is 78.0 Å².